The van der Waals surface area contributed by atoms with Crippen LogP contribution in [-0.4, -0.2) is 8.42 Å². The maximum atomic E-state index is 13.8. The van der Waals surface area contributed by atoms with Gasteiger partial charge in [-0.2, -0.15) is 0 Å². The van der Waals surface area contributed by atoms with E-state index in [0.717, 1.165) is 27.8 Å². The Labute approximate surface area is 184 Å². The van der Waals surface area contributed by atoms with E-state index in [1.165, 1.54) is 0 Å². The SMILES string of the molecule is Cc1ccc(S(=O)(=O)C(C=C(c2ccccc2)c2ccccc2)c2ccccc2)cc1. The lowest BCUT2D eigenvalue weighted by molar-refractivity contribution is 0.590. The zero-order chi connectivity index (χ0) is 21.7. The van der Waals surface area contributed by atoms with Gasteiger partial charge in [0.05, 0.1) is 4.90 Å². The molecule has 0 fully saturated rings. The Morgan fingerprint density at radius 2 is 1.10 bits per heavy atom. The minimum absolute atomic E-state index is 0.323. The first-order chi connectivity index (χ1) is 15.1. The molecule has 3 heteroatoms. The van der Waals surface area contributed by atoms with Crippen LogP contribution in [0, 0.1) is 6.92 Å². The molecule has 4 aromatic rings. The average molecular weight is 425 g/mol. The highest BCUT2D eigenvalue weighted by atomic mass is 32.2. The summed E-state index contributed by atoms with van der Waals surface area (Å²) in [6.45, 7) is 1.95. The molecular formula is C28H24O2S. The van der Waals surface area contributed by atoms with Gasteiger partial charge in [0.2, 0.25) is 0 Å². The number of aryl methyl sites for hydroxylation is 1. The lowest BCUT2D eigenvalue weighted by atomic mass is 9.96. The molecule has 4 rings (SSSR count). The van der Waals surface area contributed by atoms with Gasteiger partial charge in [-0.25, -0.2) is 8.42 Å². The van der Waals surface area contributed by atoms with E-state index in [1.807, 2.05) is 116 Å². The highest BCUT2D eigenvalue weighted by Gasteiger charge is 2.28. The molecule has 1 unspecified atom stereocenters. The topological polar surface area (TPSA) is 34.1 Å². The van der Waals surface area contributed by atoms with Crippen molar-refractivity contribution in [2.24, 2.45) is 0 Å². The van der Waals surface area contributed by atoms with Crippen molar-refractivity contribution in [3.63, 3.8) is 0 Å². The Balaban J connectivity index is 1.94. The summed E-state index contributed by atoms with van der Waals surface area (Å²) in [6, 6.07) is 36.3. The van der Waals surface area contributed by atoms with E-state index in [0.29, 0.717) is 4.90 Å². The zero-order valence-corrected chi connectivity index (χ0v) is 18.2. The van der Waals surface area contributed by atoms with Gasteiger partial charge in [-0.3, -0.25) is 0 Å². The number of benzene rings is 4. The van der Waals surface area contributed by atoms with E-state index in [-0.39, 0.29) is 0 Å². The minimum Gasteiger partial charge on any atom is -0.223 e. The van der Waals surface area contributed by atoms with E-state index in [2.05, 4.69) is 0 Å². The standard InChI is InChI=1S/C28H24O2S/c1-22-17-19-26(20-18-22)31(29,30)28(25-15-9-4-10-16-25)21-27(23-11-5-2-6-12-23)24-13-7-3-8-14-24/h2-21,28H,1H3. The number of hydrogen-bond donors (Lipinski definition) is 0. The zero-order valence-electron chi connectivity index (χ0n) is 17.3. The molecule has 0 aliphatic rings. The average Bonchev–Trinajstić information content (AvgIpc) is 2.81. The van der Waals surface area contributed by atoms with Crippen LogP contribution >= 0.6 is 0 Å². The molecule has 0 aromatic heterocycles. The van der Waals surface area contributed by atoms with Crippen molar-refractivity contribution in [1.29, 1.82) is 0 Å². The van der Waals surface area contributed by atoms with Gasteiger partial charge in [-0.15, -0.1) is 0 Å². The minimum atomic E-state index is -3.66. The molecular weight excluding hydrogens is 400 g/mol. The smallest absolute Gasteiger partial charge is 0.188 e. The quantitative estimate of drug-likeness (QED) is 0.348. The van der Waals surface area contributed by atoms with Crippen molar-refractivity contribution < 1.29 is 8.42 Å². The van der Waals surface area contributed by atoms with Crippen LogP contribution in [0.5, 0.6) is 0 Å². The van der Waals surface area contributed by atoms with Gasteiger partial charge < -0.3 is 0 Å². The van der Waals surface area contributed by atoms with Crippen molar-refractivity contribution in [2.75, 3.05) is 0 Å². The van der Waals surface area contributed by atoms with E-state index >= 15 is 0 Å². The Kier molecular flexibility index (Phi) is 6.15. The van der Waals surface area contributed by atoms with Gasteiger partial charge in [0.25, 0.3) is 0 Å². The molecule has 0 amide bonds. The van der Waals surface area contributed by atoms with Gasteiger partial charge in [0, 0.05) is 0 Å². The van der Waals surface area contributed by atoms with Crippen LogP contribution in [-0.2, 0) is 9.84 Å². The van der Waals surface area contributed by atoms with E-state index in [4.69, 9.17) is 0 Å². The summed E-state index contributed by atoms with van der Waals surface area (Å²) >= 11 is 0. The summed E-state index contributed by atoms with van der Waals surface area (Å²) in [7, 11) is -3.66. The lowest BCUT2D eigenvalue weighted by Gasteiger charge is -2.18. The lowest BCUT2D eigenvalue weighted by Crippen LogP contribution is -2.13. The van der Waals surface area contributed by atoms with E-state index in [9.17, 15) is 8.42 Å². The van der Waals surface area contributed by atoms with E-state index < -0.39 is 15.1 Å². The first kappa shape index (κ1) is 20.8. The Bertz CT molecular complexity index is 1220. The fraction of sp³-hybridized carbons (Fsp3) is 0.0714. The third-order valence-electron chi connectivity index (χ3n) is 5.30. The van der Waals surface area contributed by atoms with Gasteiger partial charge in [0.15, 0.2) is 9.84 Å². The normalized spacial score (nSPS) is 12.2. The third kappa shape index (κ3) is 4.68. The molecule has 0 saturated carbocycles. The maximum Gasteiger partial charge on any atom is 0.188 e. The fourth-order valence-electron chi connectivity index (χ4n) is 3.63. The second-order valence-corrected chi connectivity index (χ2v) is 9.57. The Hall–Kier alpha value is -3.43. The summed E-state index contributed by atoms with van der Waals surface area (Å²) in [6.07, 6.45) is 1.88. The summed E-state index contributed by atoms with van der Waals surface area (Å²) < 4.78 is 27.6. The summed E-state index contributed by atoms with van der Waals surface area (Å²) in [5.74, 6) is 0. The van der Waals surface area contributed by atoms with Crippen LogP contribution in [0.25, 0.3) is 5.57 Å². The molecule has 2 nitrogen and oxygen atoms in total. The largest absolute Gasteiger partial charge is 0.223 e. The molecule has 154 valence electrons. The van der Waals surface area contributed by atoms with Crippen molar-refractivity contribution in [2.45, 2.75) is 17.1 Å². The van der Waals surface area contributed by atoms with Crippen LogP contribution in [0.15, 0.2) is 126 Å². The second kappa shape index (κ2) is 9.15. The van der Waals surface area contributed by atoms with Crippen LogP contribution in [0.4, 0.5) is 0 Å². The molecule has 0 aliphatic carbocycles. The first-order valence-electron chi connectivity index (χ1n) is 10.2. The maximum absolute atomic E-state index is 13.8. The second-order valence-electron chi connectivity index (χ2n) is 7.50. The molecule has 4 aromatic carbocycles. The molecule has 1 atom stereocenters. The van der Waals surface area contributed by atoms with Crippen molar-refractivity contribution in [1.82, 2.24) is 0 Å². The highest BCUT2D eigenvalue weighted by Crippen LogP contribution is 2.35. The van der Waals surface area contributed by atoms with Gasteiger partial charge >= 0.3 is 0 Å². The first-order valence-corrected chi connectivity index (χ1v) is 11.8. The molecule has 0 saturated heterocycles. The number of hydrogen-bond acceptors (Lipinski definition) is 2. The Morgan fingerprint density at radius 1 is 0.645 bits per heavy atom. The molecule has 0 bridgehead atoms. The van der Waals surface area contributed by atoms with Gasteiger partial charge in [0.1, 0.15) is 5.25 Å². The van der Waals surface area contributed by atoms with Crippen LogP contribution in [0.3, 0.4) is 0 Å². The molecule has 0 N–H and O–H groups in total. The summed E-state index contributed by atoms with van der Waals surface area (Å²) in [5.41, 5.74) is 4.63. The Morgan fingerprint density at radius 3 is 1.58 bits per heavy atom. The fourth-order valence-corrected chi connectivity index (χ4v) is 5.27. The molecule has 0 radical (unpaired) electrons. The van der Waals surface area contributed by atoms with Gasteiger partial charge in [-0.1, -0.05) is 115 Å². The monoisotopic (exact) mass is 424 g/mol. The highest BCUT2D eigenvalue weighted by molar-refractivity contribution is 7.91. The van der Waals surface area contributed by atoms with Crippen molar-refractivity contribution in [3.8, 4) is 0 Å². The third-order valence-corrected chi connectivity index (χ3v) is 7.31. The number of sulfone groups is 1. The van der Waals surface area contributed by atoms with Crippen LogP contribution < -0.4 is 0 Å². The molecule has 0 spiro atoms. The van der Waals surface area contributed by atoms with Crippen LogP contribution in [0.1, 0.15) is 27.5 Å². The summed E-state index contributed by atoms with van der Waals surface area (Å²) in [5, 5.41) is -0.813. The predicted molar refractivity (Wildman–Crippen MR) is 128 cm³/mol. The van der Waals surface area contributed by atoms with Crippen molar-refractivity contribution >= 4 is 15.4 Å². The summed E-state index contributed by atoms with van der Waals surface area (Å²) in [4.78, 5) is 0.323. The van der Waals surface area contributed by atoms with Gasteiger partial charge in [-0.05, 0) is 41.3 Å². The predicted octanol–water partition coefficient (Wildman–Crippen LogP) is 6.64. The van der Waals surface area contributed by atoms with Crippen molar-refractivity contribution in [3.05, 3.63) is 144 Å². The molecule has 0 heterocycles. The molecule has 0 aliphatic heterocycles. The van der Waals surface area contributed by atoms with E-state index in [1.54, 1.807) is 12.1 Å². The van der Waals surface area contributed by atoms with Crippen LogP contribution in [0.2, 0.25) is 0 Å². The number of rotatable bonds is 6. The molecule has 31 heavy (non-hydrogen) atoms.